The van der Waals surface area contributed by atoms with Gasteiger partial charge in [0.05, 0.1) is 18.2 Å². The number of rotatable bonds is 2. The first-order chi connectivity index (χ1) is 7.96. The maximum absolute atomic E-state index is 11.8. The number of nitrogens with one attached hydrogen (secondary N) is 1. The van der Waals surface area contributed by atoms with Gasteiger partial charge in [0.2, 0.25) is 5.91 Å². The molecule has 1 aromatic carbocycles. The molecule has 4 heteroatoms. The molecule has 2 rings (SSSR count). The Labute approximate surface area is 101 Å². The van der Waals surface area contributed by atoms with Crippen LogP contribution in [0.3, 0.4) is 0 Å². The van der Waals surface area contributed by atoms with Crippen molar-refractivity contribution >= 4 is 11.6 Å². The molecule has 0 saturated carbocycles. The third-order valence-corrected chi connectivity index (χ3v) is 3.08. The predicted octanol–water partition coefficient (Wildman–Crippen LogP) is 2.09. The number of amides is 1. The number of hydrazine groups is 1. The first-order valence-electron chi connectivity index (χ1n) is 5.41. The third kappa shape index (κ3) is 1.75. The molecule has 1 aliphatic heterocycles. The van der Waals surface area contributed by atoms with Gasteiger partial charge in [-0.2, -0.15) is 0 Å². The number of carbonyl (C=O) groups is 1. The minimum atomic E-state index is -0.580. The van der Waals surface area contributed by atoms with Crippen LogP contribution in [-0.2, 0) is 4.79 Å². The number of anilines is 1. The molecular weight excluding hydrogens is 216 g/mol. The Kier molecular flexibility index (Phi) is 2.58. The minimum absolute atomic E-state index is 0.0506. The summed E-state index contributed by atoms with van der Waals surface area (Å²) in [4.78, 5) is 11.8. The monoisotopic (exact) mass is 232 g/mol. The van der Waals surface area contributed by atoms with Gasteiger partial charge in [-0.1, -0.05) is 12.6 Å². The molecule has 0 aromatic heterocycles. The maximum Gasteiger partial charge on any atom is 0.250 e. The van der Waals surface area contributed by atoms with E-state index in [1.807, 2.05) is 38.1 Å². The zero-order valence-electron chi connectivity index (χ0n) is 10.3. The molecule has 1 aliphatic rings. The van der Waals surface area contributed by atoms with Crippen LogP contribution in [0.5, 0.6) is 5.75 Å². The fourth-order valence-electron chi connectivity index (χ4n) is 1.69. The molecule has 1 saturated heterocycles. The molecule has 1 aromatic rings. The smallest absolute Gasteiger partial charge is 0.250 e. The second-order valence-corrected chi connectivity index (χ2v) is 4.55. The van der Waals surface area contributed by atoms with Gasteiger partial charge in [-0.3, -0.25) is 15.2 Å². The Morgan fingerprint density at radius 3 is 2.65 bits per heavy atom. The van der Waals surface area contributed by atoms with E-state index >= 15 is 0 Å². The summed E-state index contributed by atoms with van der Waals surface area (Å²) in [6.07, 6.45) is 0. The van der Waals surface area contributed by atoms with Crippen LogP contribution in [0.4, 0.5) is 5.69 Å². The van der Waals surface area contributed by atoms with E-state index in [4.69, 9.17) is 4.74 Å². The maximum atomic E-state index is 11.8. The third-order valence-electron chi connectivity index (χ3n) is 3.08. The standard InChI is InChI=1S/C13H16N2O2/c1-9-13(2,3)12(16)14-15(9)10-6-5-7-11(8-10)17-4/h5-8H,1H2,2-4H3,(H,14,16). The first-order valence-corrected chi connectivity index (χ1v) is 5.41. The van der Waals surface area contributed by atoms with Gasteiger partial charge in [-0.25, -0.2) is 0 Å². The first kappa shape index (κ1) is 11.5. The summed E-state index contributed by atoms with van der Waals surface area (Å²) >= 11 is 0. The molecule has 4 nitrogen and oxygen atoms in total. The highest BCUT2D eigenvalue weighted by molar-refractivity contribution is 5.92. The van der Waals surface area contributed by atoms with Gasteiger partial charge in [0, 0.05) is 11.8 Å². The van der Waals surface area contributed by atoms with Crippen LogP contribution in [0.15, 0.2) is 36.5 Å². The highest BCUT2D eigenvalue weighted by Crippen LogP contribution is 2.36. The van der Waals surface area contributed by atoms with E-state index in [0.29, 0.717) is 0 Å². The van der Waals surface area contributed by atoms with Crippen LogP contribution < -0.4 is 15.2 Å². The summed E-state index contributed by atoms with van der Waals surface area (Å²) < 4.78 is 5.16. The Hall–Kier alpha value is -1.97. The minimum Gasteiger partial charge on any atom is -0.497 e. The van der Waals surface area contributed by atoms with Crippen molar-refractivity contribution in [2.24, 2.45) is 5.41 Å². The number of benzene rings is 1. The SMILES string of the molecule is C=C1N(c2cccc(OC)c2)NC(=O)C1(C)C. The number of methoxy groups -OCH3 is 1. The molecule has 1 amide bonds. The molecule has 0 bridgehead atoms. The van der Waals surface area contributed by atoms with Crippen LogP contribution in [0.25, 0.3) is 0 Å². The van der Waals surface area contributed by atoms with Gasteiger partial charge in [0.25, 0.3) is 0 Å². The molecule has 0 aliphatic carbocycles. The number of ether oxygens (including phenoxy) is 1. The molecule has 1 N–H and O–H groups in total. The van der Waals surface area contributed by atoms with E-state index in [1.165, 1.54) is 0 Å². The van der Waals surface area contributed by atoms with Crippen molar-refractivity contribution in [1.82, 2.24) is 5.43 Å². The highest BCUT2D eigenvalue weighted by atomic mass is 16.5. The van der Waals surface area contributed by atoms with Gasteiger partial charge in [-0.05, 0) is 26.0 Å². The lowest BCUT2D eigenvalue weighted by atomic mass is 9.90. The van der Waals surface area contributed by atoms with Crippen molar-refractivity contribution in [3.8, 4) is 5.75 Å². The van der Waals surface area contributed by atoms with E-state index in [1.54, 1.807) is 12.1 Å². The zero-order valence-corrected chi connectivity index (χ0v) is 10.3. The fraction of sp³-hybridized carbons (Fsp3) is 0.308. The summed E-state index contributed by atoms with van der Waals surface area (Å²) in [5.74, 6) is 0.694. The van der Waals surface area contributed by atoms with Crippen molar-refractivity contribution < 1.29 is 9.53 Å². The normalized spacial score (nSPS) is 18.2. The highest BCUT2D eigenvalue weighted by Gasteiger charge is 2.42. The molecule has 0 unspecified atom stereocenters. The molecule has 90 valence electrons. The Bertz CT molecular complexity index is 480. The Morgan fingerprint density at radius 1 is 1.41 bits per heavy atom. The summed E-state index contributed by atoms with van der Waals surface area (Å²) in [7, 11) is 1.61. The van der Waals surface area contributed by atoms with Gasteiger partial charge in [0.15, 0.2) is 0 Å². The lowest BCUT2D eigenvalue weighted by molar-refractivity contribution is -0.125. The van der Waals surface area contributed by atoms with Crippen molar-refractivity contribution in [1.29, 1.82) is 0 Å². The molecule has 1 heterocycles. The zero-order chi connectivity index (χ0) is 12.6. The van der Waals surface area contributed by atoms with Crippen molar-refractivity contribution in [2.45, 2.75) is 13.8 Å². The quantitative estimate of drug-likeness (QED) is 0.848. The number of hydrogen-bond donors (Lipinski definition) is 1. The van der Waals surface area contributed by atoms with Crippen molar-refractivity contribution in [3.05, 3.63) is 36.5 Å². The van der Waals surface area contributed by atoms with Gasteiger partial charge >= 0.3 is 0 Å². The number of carbonyl (C=O) groups excluding carboxylic acids is 1. The summed E-state index contributed by atoms with van der Waals surface area (Å²) in [5.41, 5.74) is 3.79. The lowest BCUT2D eigenvalue weighted by Gasteiger charge is -2.22. The van der Waals surface area contributed by atoms with E-state index in [9.17, 15) is 4.79 Å². The second kappa shape index (κ2) is 3.80. The van der Waals surface area contributed by atoms with E-state index in [2.05, 4.69) is 12.0 Å². The lowest BCUT2D eigenvalue weighted by Crippen LogP contribution is -2.32. The number of hydrogen-bond acceptors (Lipinski definition) is 3. The van der Waals surface area contributed by atoms with E-state index in [0.717, 1.165) is 17.1 Å². The summed E-state index contributed by atoms with van der Waals surface area (Å²) in [5, 5.41) is 1.70. The molecule has 0 radical (unpaired) electrons. The largest absolute Gasteiger partial charge is 0.497 e. The van der Waals surface area contributed by atoms with Crippen LogP contribution in [0, 0.1) is 5.41 Å². The fourth-order valence-corrected chi connectivity index (χ4v) is 1.69. The van der Waals surface area contributed by atoms with Gasteiger partial charge in [0.1, 0.15) is 5.75 Å². The van der Waals surface area contributed by atoms with Crippen molar-refractivity contribution in [2.75, 3.05) is 12.1 Å². The van der Waals surface area contributed by atoms with Gasteiger partial charge in [-0.15, -0.1) is 0 Å². The van der Waals surface area contributed by atoms with Gasteiger partial charge < -0.3 is 4.74 Å². The predicted molar refractivity (Wildman–Crippen MR) is 66.5 cm³/mol. The van der Waals surface area contributed by atoms with E-state index in [-0.39, 0.29) is 5.91 Å². The Balaban J connectivity index is 2.36. The van der Waals surface area contributed by atoms with Crippen LogP contribution in [0.2, 0.25) is 0 Å². The summed E-state index contributed by atoms with van der Waals surface area (Å²) in [6.45, 7) is 7.68. The summed E-state index contributed by atoms with van der Waals surface area (Å²) in [6, 6.07) is 7.48. The van der Waals surface area contributed by atoms with Crippen LogP contribution >= 0.6 is 0 Å². The topological polar surface area (TPSA) is 41.6 Å². The second-order valence-electron chi connectivity index (χ2n) is 4.55. The molecule has 0 atom stereocenters. The number of nitrogens with zero attached hydrogens (tertiary/aromatic N) is 1. The molecular formula is C13H16N2O2. The molecule has 0 spiro atoms. The average Bonchev–Trinajstić information content (AvgIpc) is 2.53. The molecule has 17 heavy (non-hydrogen) atoms. The van der Waals surface area contributed by atoms with Crippen molar-refractivity contribution in [3.63, 3.8) is 0 Å². The Morgan fingerprint density at radius 2 is 2.12 bits per heavy atom. The average molecular weight is 232 g/mol. The van der Waals surface area contributed by atoms with Crippen LogP contribution in [0.1, 0.15) is 13.8 Å². The van der Waals surface area contributed by atoms with E-state index < -0.39 is 5.41 Å². The molecule has 1 fully saturated rings. The van der Waals surface area contributed by atoms with Crippen LogP contribution in [-0.4, -0.2) is 13.0 Å².